The van der Waals surface area contributed by atoms with Gasteiger partial charge in [0.15, 0.2) is 0 Å². The molecule has 1 aromatic heterocycles. The van der Waals surface area contributed by atoms with Crippen LogP contribution >= 0.6 is 11.3 Å². The summed E-state index contributed by atoms with van der Waals surface area (Å²) in [6.07, 6.45) is 0. The molecule has 1 aliphatic heterocycles. The maximum Gasteiger partial charge on any atom is 0.345 e. The van der Waals surface area contributed by atoms with Gasteiger partial charge in [0.1, 0.15) is 4.88 Å². The average Bonchev–Trinajstić information content (AvgIpc) is 2.83. The van der Waals surface area contributed by atoms with Crippen molar-refractivity contribution in [3.8, 4) is 0 Å². The first-order chi connectivity index (χ1) is 9.86. The van der Waals surface area contributed by atoms with Gasteiger partial charge in [-0.05, 0) is 13.0 Å². The molecule has 2 rings (SSSR count). The van der Waals surface area contributed by atoms with Crippen LogP contribution in [0, 0.1) is 6.92 Å². The lowest BCUT2D eigenvalue weighted by atomic mass is 10.4. The summed E-state index contributed by atoms with van der Waals surface area (Å²) in [6.45, 7) is 4.03. The van der Waals surface area contributed by atoms with E-state index >= 15 is 0 Å². The van der Waals surface area contributed by atoms with Crippen molar-refractivity contribution in [1.29, 1.82) is 0 Å². The summed E-state index contributed by atoms with van der Waals surface area (Å²) in [4.78, 5) is 13.6. The highest BCUT2D eigenvalue weighted by molar-refractivity contribution is 7.89. The Morgan fingerprint density at radius 2 is 1.95 bits per heavy atom. The van der Waals surface area contributed by atoms with E-state index in [9.17, 15) is 13.2 Å². The lowest BCUT2D eigenvalue weighted by molar-refractivity contribution is 0.0702. The van der Waals surface area contributed by atoms with Crippen LogP contribution in [0.4, 0.5) is 0 Å². The molecule has 0 saturated carbocycles. The fourth-order valence-corrected chi connectivity index (χ4v) is 5.12. The first kappa shape index (κ1) is 16.4. The summed E-state index contributed by atoms with van der Waals surface area (Å²) in [5.41, 5.74) is 0. The molecule has 1 aliphatic rings. The van der Waals surface area contributed by atoms with E-state index in [0.717, 1.165) is 11.3 Å². The molecule has 1 saturated heterocycles. The third kappa shape index (κ3) is 3.43. The van der Waals surface area contributed by atoms with Gasteiger partial charge in [-0.2, -0.15) is 4.31 Å². The largest absolute Gasteiger partial charge is 0.477 e. The van der Waals surface area contributed by atoms with Crippen molar-refractivity contribution in [2.75, 3.05) is 39.3 Å². The smallest absolute Gasteiger partial charge is 0.345 e. The van der Waals surface area contributed by atoms with Crippen LogP contribution in [0.5, 0.6) is 0 Å². The monoisotopic (exact) mass is 334 g/mol. The number of hydrogen-bond donors (Lipinski definition) is 2. The van der Waals surface area contributed by atoms with E-state index in [1.165, 1.54) is 10.4 Å². The molecule has 9 heteroatoms. The van der Waals surface area contributed by atoms with Crippen LogP contribution in [0.25, 0.3) is 0 Å². The number of β-amino-alcohol motifs (C(OH)–C–C–N with tert-alkyl or cyclic N) is 1. The lowest BCUT2D eigenvalue weighted by Crippen LogP contribution is -2.49. The number of thiophene rings is 1. The highest BCUT2D eigenvalue weighted by Crippen LogP contribution is 2.28. The fourth-order valence-electron chi connectivity index (χ4n) is 2.30. The maximum absolute atomic E-state index is 12.6. The zero-order valence-corrected chi connectivity index (χ0v) is 13.3. The van der Waals surface area contributed by atoms with Crippen LogP contribution in [0.3, 0.4) is 0 Å². The first-order valence-corrected chi connectivity index (χ1v) is 8.79. The van der Waals surface area contributed by atoms with E-state index in [4.69, 9.17) is 10.2 Å². The number of aryl methyl sites for hydroxylation is 1. The first-order valence-electron chi connectivity index (χ1n) is 6.53. The molecule has 7 nitrogen and oxygen atoms in total. The Kier molecular flexibility index (Phi) is 4.99. The number of hydrogen-bond acceptors (Lipinski definition) is 6. The molecule has 1 fully saturated rings. The number of sulfonamides is 1. The van der Waals surface area contributed by atoms with Gasteiger partial charge in [-0.1, -0.05) is 0 Å². The quantitative estimate of drug-likeness (QED) is 0.790. The van der Waals surface area contributed by atoms with Crippen LogP contribution in [-0.4, -0.2) is 73.1 Å². The molecule has 0 unspecified atom stereocenters. The molecule has 0 atom stereocenters. The fraction of sp³-hybridized carbons (Fsp3) is 0.583. The molecule has 0 radical (unpaired) electrons. The highest BCUT2D eigenvalue weighted by atomic mass is 32.2. The SMILES string of the molecule is Cc1sc(C(=O)O)cc1S(=O)(=O)N1CCN(CCO)CC1. The van der Waals surface area contributed by atoms with Crippen molar-refractivity contribution < 1.29 is 23.4 Å². The summed E-state index contributed by atoms with van der Waals surface area (Å²) < 4.78 is 26.5. The van der Waals surface area contributed by atoms with Crippen molar-refractivity contribution in [1.82, 2.24) is 9.21 Å². The van der Waals surface area contributed by atoms with E-state index in [1.54, 1.807) is 6.92 Å². The number of piperazine rings is 1. The summed E-state index contributed by atoms with van der Waals surface area (Å²) in [5.74, 6) is -1.11. The number of nitrogens with zero attached hydrogens (tertiary/aromatic N) is 2. The lowest BCUT2D eigenvalue weighted by Gasteiger charge is -2.33. The number of aliphatic hydroxyl groups is 1. The second-order valence-corrected chi connectivity index (χ2v) is 7.97. The predicted octanol–water partition coefficient (Wildman–Crippen LogP) is 0.0533. The maximum atomic E-state index is 12.6. The van der Waals surface area contributed by atoms with E-state index < -0.39 is 16.0 Å². The third-order valence-electron chi connectivity index (χ3n) is 3.45. The number of carbonyl (C=O) groups is 1. The predicted molar refractivity (Wildman–Crippen MR) is 78.3 cm³/mol. The van der Waals surface area contributed by atoms with Crippen LogP contribution in [0.1, 0.15) is 14.5 Å². The van der Waals surface area contributed by atoms with Crippen molar-refractivity contribution in [2.24, 2.45) is 0 Å². The van der Waals surface area contributed by atoms with Gasteiger partial charge in [0.25, 0.3) is 0 Å². The van der Waals surface area contributed by atoms with Crippen molar-refractivity contribution >= 4 is 27.3 Å². The van der Waals surface area contributed by atoms with Gasteiger partial charge in [-0.25, -0.2) is 13.2 Å². The summed E-state index contributed by atoms with van der Waals surface area (Å²) in [7, 11) is -3.65. The molecule has 2 N–H and O–H groups in total. The van der Waals surface area contributed by atoms with Gasteiger partial charge in [-0.3, -0.25) is 4.90 Å². The Morgan fingerprint density at radius 3 is 2.43 bits per heavy atom. The van der Waals surface area contributed by atoms with Crippen LogP contribution in [0.15, 0.2) is 11.0 Å². The molecule has 0 aliphatic carbocycles. The number of aliphatic hydroxyl groups excluding tert-OH is 1. The minimum Gasteiger partial charge on any atom is -0.477 e. The Hall–Kier alpha value is -1.00. The van der Waals surface area contributed by atoms with Crippen molar-refractivity contribution in [2.45, 2.75) is 11.8 Å². The minimum atomic E-state index is -3.65. The molecule has 1 aromatic rings. The highest BCUT2D eigenvalue weighted by Gasteiger charge is 2.31. The number of rotatable bonds is 5. The van der Waals surface area contributed by atoms with Crippen molar-refractivity contribution in [3.63, 3.8) is 0 Å². The molecule has 0 aromatic carbocycles. The molecule has 2 heterocycles. The van der Waals surface area contributed by atoms with Gasteiger partial charge in [0, 0.05) is 37.6 Å². The van der Waals surface area contributed by atoms with E-state index in [-0.39, 0.29) is 16.4 Å². The van der Waals surface area contributed by atoms with Gasteiger partial charge in [0.2, 0.25) is 10.0 Å². The molecule has 0 spiro atoms. The Bertz CT molecular complexity index is 618. The number of carboxylic acid groups (broad SMARTS) is 1. The topological polar surface area (TPSA) is 98.1 Å². The van der Waals surface area contributed by atoms with E-state index in [1.807, 2.05) is 4.90 Å². The Morgan fingerprint density at radius 1 is 1.33 bits per heavy atom. The molecule has 0 amide bonds. The van der Waals surface area contributed by atoms with Crippen LogP contribution < -0.4 is 0 Å². The third-order valence-corrected chi connectivity index (χ3v) is 6.64. The minimum absolute atomic E-state index is 0.0324. The normalized spacial score (nSPS) is 18.0. The zero-order valence-electron chi connectivity index (χ0n) is 11.7. The molecular formula is C12H18N2O5S2. The Balaban J connectivity index is 2.18. The van der Waals surface area contributed by atoms with Gasteiger partial charge in [-0.15, -0.1) is 11.3 Å². The van der Waals surface area contributed by atoms with Crippen molar-refractivity contribution in [3.05, 3.63) is 15.8 Å². The molecule has 0 bridgehead atoms. The summed E-state index contributed by atoms with van der Waals surface area (Å²) >= 11 is 0.973. The number of carboxylic acids is 1. The zero-order chi connectivity index (χ0) is 15.6. The molecule has 118 valence electrons. The second-order valence-electron chi connectivity index (χ2n) is 4.81. The van der Waals surface area contributed by atoms with Crippen LogP contribution in [-0.2, 0) is 10.0 Å². The Labute approximate surface area is 127 Å². The van der Waals surface area contributed by atoms with Gasteiger partial charge < -0.3 is 10.2 Å². The van der Waals surface area contributed by atoms with E-state index in [2.05, 4.69) is 0 Å². The molecule has 21 heavy (non-hydrogen) atoms. The summed E-state index contributed by atoms with van der Waals surface area (Å²) in [6, 6.07) is 1.23. The standard InChI is InChI=1S/C12H18N2O5S2/c1-9-11(8-10(20-9)12(16)17)21(18,19)14-4-2-13(3-5-14)6-7-15/h8,15H,2-7H2,1H3,(H,16,17). The van der Waals surface area contributed by atoms with Gasteiger partial charge in [0.05, 0.1) is 11.5 Å². The average molecular weight is 334 g/mol. The van der Waals surface area contributed by atoms with Crippen LogP contribution in [0.2, 0.25) is 0 Å². The molecular weight excluding hydrogens is 316 g/mol. The van der Waals surface area contributed by atoms with Gasteiger partial charge >= 0.3 is 5.97 Å². The van der Waals surface area contributed by atoms with E-state index in [0.29, 0.717) is 37.6 Å². The second kappa shape index (κ2) is 6.41. The summed E-state index contributed by atoms with van der Waals surface area (Å²) in [5, 5.41) is 17.8. The number of aromatic carboxylic acids is 1.